The molecule has 1 atom stereocenters. The first-order valence-electron chi connectivity index (χ1n) is 8.81. The van der Waals surface area contributed by atoms with E-state index in [-0.39, 0.29) is 11.8 Å². The number of ether oxygens (including phenoxy) is 3. The van der Waals surface area contributed by atoms with Gasteiger partial charge in [0, 0.05) is 29.7 Å². The minimum absolute atomic E-state index is 0.0200. The Hall–Kier alpha value is -2.69. The van der Waals surface area contributed by atoms with Crippen LogP contribution in [0.5, 0.6) is 17.2 Å². The summed E-state index contributed by atoms with van der Waals surface area (Å²) in [7, 11) is 3.20. The van der Waals surface area contributed by atoms with E-state index in [0.29, 0.717) is 30.4 Å². The van der Waals surface area contributed by atoms with Crippen molar-refractivity contribution in [1.29, 1.82) is 0 Å². The Kier molecular flexibility index (Phi) is 5.35. The third-order valence-electron chi connectivity index (χ3n) is 4.46. The van der Waals surface area contributed by atoms with Gasteiger partial charge in [0.05, 0.1) is 20.8 Å². The third kappa shape index (κ3) is 3.62. The van der Waals surface area contributed by atoms with Crippen LogP contribution in [0.4, 0.5) is 5.69 Å². The summed E-state index contributed by atoms with van der Waals surface area (Å²) in [4.78, 5) is 12.3. The summed E-state index contributed by atoms with van der Waals surface area (Å²) in [5.74, 6) is 2.37. The van der Waals surface area contributed by atoms with Crippen LogP contribution in [0, 0.1) is 5.92 Å². The van der Waals surface area contributed by atoms with Crippen LogP contribution in [0.1, 0.15) is 37.3 Å². The maximum Gasteiger partial charge on any atom is 0.225 e. The number of carbonyl (C=O) groups excluding carboxylic acids is 1. The van der Waals surface area contributed by atoms with Crippen molar-refractivity contribution in [3.8, 4) is 17.2 Å². The molecule has 1 aliphatic rings. The fourth-order valence-electron chi connectivity index (χ4n) is 3.22. The van der Waals surface area contributed by atoms with Gasteiger partial charge < -0.3 is 19.5 Å². The molecule has 5 nitrogen and oxygen atoms in total. The molecular formula is C21H25NO4. The first-order chi connectivity index (χ1) is 12.5. The summed E-state index contributed by atoms with van der Waals surface area (Å²) in [6.45, 7) is 4.86. The maximum atomic E-state index is 12.3. The van der Waals surface area contributed by atoms with E-state index in [4.69, 9.17) is 14.2 Å². The number of anilines is 1. The van der Waals surface area contributed by atoms with E-state index in [0.717, 1.165) is 22.6 Å². The zero-order valence-corrected chi connectivity index (χ0v) is 15.7. The molecule has 0 fully saturated rings. The van der Waals surface area contributed by atoms with Crippen LogP contribution in [0.15, 0.2) is 36.4 Å². The first kappa shape index (κ1) is 18.1. The molecule has 1 N–H and O–H groups in total. The molecule has 0 radical (unpaired) electrons. The lowest BCUT2D eigenvalue weighted by atomic mass is 9.84. The third-order valence-corrected chi connectivity index (χ3v) is 4.46. The van der Waals surface area contributed by atoms with E-state index in [9.17, 15) is 4.79 Å². The number of para-hydroxylation sites is 1. The average Bonchev–Trinajstić information content (AvgIpc) is 2.64. The molecule has 1 amide bonds. The topological polar surface area (TPSA) is 56.8 Å². The minimum atomic E-state index is -0.0954. The molecule has 0 aromatic heterocycles. The van der Waals surface area contributed by atoms with Gasteiger partial charge in [-0.25, -0.2) is 0 Å². The molecule has 0 bridgehead atoms. The Morgan fingerprint density at radius 3 is 2.42 bits per heavy atom. The number of methoxy groups -OCH3 is 2. The predicted octanol–water partition coefficient (Wildman–Crippen LogP) is 4.21. The summed E-state index contributed by atoms with van der Waals surface area (Å²) >= 11 is 0. The van der Waals surface area contributed by atoms with Gasteiger partial charge in [-0.3, -0.25) is 4.79 Å². The highest BCUT2D eigenvalue weighted by atomic mass is 16.5. The van der Waals surface area contributed by atoms with Crippen LogP contribution in [-0.4, -0.2) is 26.7 Å². The van der Waals surface area contributed by atoms with Crippen molar-refractivity contribution in [3.05, 3.63) is 47.5 Å². The van der Waals surface area contributed by atoms with Crippen molar-refractivity contribution in [1.82, 2.24) is 0 Å². The van der Waals surface area contributed by atoms with Crippen LogP contribution < -0.4 is 19.5 Å². The minimum Gasteiger partial charge on any atom is -0.493 e. The number of hydrogen-bond acceptors (Lipinski definition) is 4. The Labute approximate surface area is 154 Å². The summed E-state index contributed by atoms with van der Waals surface area (Å²) in [6.07, 6.45) is 0.366. The highest BCUT2D eigenvalue weighted by Crippen LogP contribution is 2.45. The number of nitrogens with one attached hydrogen (secondary N) is 1. The Morgan fingerprint density at radius 2 is 1.73 bits per heavy atom. The van der Waals surface area contributed by atoms with Gasteiger partial charge >= 0.3 is 0 Å². The van der Waals surface area contributed by atoms with Gasteiger partial charge in [0.25, 0.3) is 0 Å². The average molecular weight is 355 g/mol. The van der Waals surface area contributed by atoms with Crippen molar-refractivity contribution < 1.29 is 19.0 Å². The number of carbonyl (C=O) groups is 1. The van der Waals surface area contributed by atoms with E-state index < -0.39 is 0 Å². The van der Waals surface area contributed by atoms with Crippen molar-refractivity contribution in [2.45, 2.75) is 26.2 Å². The summed E-state index contributed by atoms with van der Waals surface area (Å²) in [6, 6.07) is 11.7. The van der Waals surface area contributed by atoms with Crippen LogP contribution in [-0.2, 0) is 4.79 Å². The molecule has 1 aliphatic heterocycles. The highest BCUT2D eigenvalue weighted by Gasteiger charge is 2.30. The van der Waals surface area contributed by atoms with Crippen LogP contribution in [0.3, 0.4) is 0 Å². The van der Waals surface area contributed by atoms with Crippen LogP contribution >= 0.6 is 0 Å². The van der Waals surface area contributed by atoms with Gasteiger partial charge in [-0.15, -0.1) is 0 Å². The molecule has 1 unspecified atom stereocenters. The molecule has 3 rings (SSSR count). The molecule has 0 spiro atoms. The van der Waals surface area contributed by atoms with Crippen molar-refractivity contribution in [2.24, 2.45) is 5.92 Å². The predicted molar refractivity (Wildman–Crippen MR) is 101 cm³/mol. The lowest BCUT2D eigenvalue weighted by Gasteiger charge is -2.28. The van der Waals surface area contributed by atoms with E-state index >= 15 is 0 Å². The van der Waals surface area contributed by atoms with Gasteiger partial charge in [0.1, 0.15) is 5.75 Å². The maximum absolute atomic E-state index is 12.3. The number of hydrogen-bond donors (Lipinski definition) is 1. The molecule has 0 aliphatic carbocycles. The monoisotopic (exact) mass is 355 g/mol. The number of rotatable bonds is 6. The van der Waals surface area contributed by atoms with Gasteiger partial charge in [0.15, 0.2) is 11.5 Å². The molecule has 2 aromatic rings. The summed E-state index contributed by atoms with van der Waals surface area (Å²) in [5, 5.41) is 2.94. The molecule has 1 heterocycles. The standard InChI is InChI=1S/C21H25NO4/c1-13(2)12-26-18-8-6-5-7-14(18)15-10-21(23)22-17-11-20(25-4)19(24-3)9-16(15)17/h5-9,11,13,15H,10,12H2,1-4H3,(H,22,23). The second-order valence-electron chi connectivity index (χ2n) is 6.84. The van der Waals surface area contributed by atoms with Crippen molar-refractivity contribution >= 4 is 11.6 Å². The zero-order valence-electron chi connectivity index (χ0n) is 15.7. The van der Waals surface area contributed by atoms with E-state index in [1.165, 1.54) is 0 Å². The molecule has 26 heavy (non-hydrogen) atoms. The number of fused-ring (bicyclic) bond motifs is 1. The Morgan fingerprint density at radius 1 is 1.04 bits per heavy atom. The molecule has 138 valence electrons. The van der Waals surface area contributed by atoms with E-state index in [2.05, 4.69) is 19.2 Å². The van der Waals surface area contributed by atoms with Gasteiger partial charge in [0.2, 0.25) is 5.91 Å². The molecule has 5 heteroatoms. The fraction of sp³-hybridized carbons (Fsp3) is 0.381. The highest BCUT2D eigenvalue weighted by molar-refractivity contribution is 5.96. The second-order valence-corrected chi connectivity index (χ2v) is 6.84. The SMILES string of the molecule is COc1cc2c(cc1OC)C(c1ccccc1OCC(C)C)CC(=O)N2. The number of amides is 1. The number of benzene rings is 2. The fourth-order valence-corrected chi connectivity index (χ4v) is 3.22. The zero-order chi connectivity index (χ0) is 18.7. The van der Waals surface area contributed by atoms with Crippen molar-refractivity contribution in [3.63, 3.8) is 0 Å². The molecular weight excluding hydrogens is 330 g/mol. The molecule has 2 aromatic carbocycles. The smallest absolute Gasteiger partial charge is 0.225 e. The quantitative estimate of drug-likeness (QED) is 0.843. The largest absolute Gasteiger partial charge is 0.493 e. The van der Waals surface area contributed by atoms with Gasteiger partial charge in [-0.2, -0.15) is 0 Å². The van der Waals surface area contributed by atoms with Crippen molar-refractivity contribution in [2.75, 3.05) is 26.1 Å². The Bertz CT molecular complexity index is 801. The first-order valence-corrected chi connectivity index (χ1v) is 8.81. The molecule has 0 saturated carbocycles. The van der Waals surface area contributed by atoms with Crippen LogP contribution in [0.2, 0.25) is 0 Å². The van der Waals surface area contributed by atoms with Gasteiger partial charge in [-0.05, 0) is 23.6 Å². The Balaban J connectivity index is 2.06. The molecule has 0 saturated heterocycles. The normalized spacial score (nSPS) is 16.0. The van der Waals surface area contributed by atoms with E-state index in [1.807, 2.05) is 36.4 Å². The summed E-state index contributed by atoms with van der Waals surface area (Å²) in [5.41, 5.74) is 2.77. The lowest BCUT2D eigenvalue weighted by molar-refractivity contribution is -0.116. The summed E-state index contributed by atoms with van der Waals surface area (Å²) < 4.78 is 16.8. The van der Waals surface area contributed by atoms with Gasteiger partial charge in [-0.1, -0.05) is 32.0 Å². The second kappa shape index (κ2) is 7.68. The lowest BCUT2D eigenvalue weighted by Crippen LogP contribution is -2.24. The van der Waals surface area contributed by atoms with E-state index in [1.54, 1.807) is 14.2 Å². The van der Waals surface area contributed by atoms with Crippen LogP contribution in [0.25, 0.3) is 0 Å².